The van der Waals surface area contributed by atoms with E-state index in [0.717, 1.165) is 64.2 Å². The summed E-state index contributed by atoms with van der Waals surface area (Å²) in [6, 6.07) is 0. The molecule has 6 nitrogen and oxygen atoms in total. The Bertz CT molecular complexity index is 993. The number of rotatable bonds is 53. The number of carbonyl (C=O) groups is 3. The average molecular weight is 904 g/mol. The van der Waals surface area contributed by atoms with E-state index in [-0.39, 0.29) is 31.1 Å². The van der Waals surface area contributed by atoms with Gasteiger partial charge in [-0.1, -0.05) is 270 Å². The highest BCUT2D eigenvalue weighted by Gasteiger charge is 2.19. The van der Waals surface area contributed by atoms with Crippen molar-refractivity contribution in [1.82, 2.24) is 0 Å². The molecule has 0 aliphatic carbocycles. The van der Waals surface area contributed by atoms with Crippen LogP contribution in [0.15, 0.2) is 12.2 Å². The fraction of sp³-hybridized carbons (Fsp3) is 0.914. The van der Waals surface area contributed by atoms with Crippen LogP contribution in [0.3, 0.4) is 0 Å². The van der Waals surface area contributed by atoms with Gasteiger partial charge in [-0.3, -0.25) is 14.4 Å². The van der Waals surface area contributed by atoms with E-state index in [2.05, 4.69) is 32.9 Å². The van der Waals surface area contributed by atoms with Crippen LogP contribution in [0.4, 0.5) is 0 Å². The maximum absolute atomic E-state index is 12.8. The summed E-state index contributed by atoms with van der Waals surface area (Å²) < 4.78 is 16.9. The zero-order valence-corrected chi connectivity index (χ0v) is 43.3. The molecule has 0 bridgehead atoms. The Morgan fingerprint density at radius 1 is 0.297 bits per heavy atom. The van der Waals surface area contributed by atoms with Gasteiger partial charge in [-0.2, -0.15) is 0 Å². The quantitative estimate of drug-likeness (QED) is 0.0262. The molecule has 64 heavy (non-hydrogen) atoms. The number of carbonyl (C=O) groups excluding carboxylic acids is 3. The molecule has 1 atom stereocenters. The zero-order chi connectivity index (χ0) is 46.5. The lowest BCUT2D eigenvalue weighted by atomic mass is 10.0. The van der Waals surface area contributed by atoms with E-state index in [1.807, 2.05) is 0 Å². The van der Waals surface area contributed by atoms with Gasteiger partial charge in [0.2, 0.25) is 0 Å². The van der Waals surface area contributed by atoms with Crippen molar-refractivity contribution in [3.8, 4) is 0 Å². The van der Waals surface area contributed by atoms with Crippen molar-refractivity contribution >= 4 is 17.9 Å². The zero-order valence-electron chi connectivity index (χ0n) is 43.3. The number of esters is 3. The molecule has 6 heteroatoms. The van der Waals surface area contributed by atoms with E-state index in [4.69, 9.17) is 14.2 Å². The van der Waals surface area contributed by atoms with Crippen LogP contribution in [0.25, 0.3) is 0 Å². The third-order valence-electron chi connectivity index (χ3n) is 13.0. The van der Waals surface area contributed by atoms with Gasteiger partial charge in [-0.05, 0) is 44.9 Å². The summed E-state index contributed by atoms with van der Waals surface area (Å²) in [6.45, 7) is 6.68. The summed E-state index contributed by atoms with van der Waals surface area (Å²) in [5.41, 5.74) is 0. The van der Waals surface area contributed by atoms with E-state index >= 15 is 0 Å². The molecule has 0 spiro atoms. The van der Waals surface area contributed by atoms with E-state index in [1.165, 1.54) is 218 Å². The number of ether oxygens (including phenoxy) is 3. The molecule has 0 aliphatic rings. The molecule has 0 aromatic rings. The van der Waals surface area contributed by atoms with Gasteiger partial charge < -0.3 is 14.2 Å². The van der Waals surface area contributed by atoms with E-state index in [1.54, 1.807) is 0 Å². The summed E-state index contributed by atoms with van der Waals surface area (Å²) in [7, 11) is 0. The molecular weight excluding hydrogens is 793 g/mol. The Morgan fingerprint density at radius 3 is 0.781 bits per heavy atom. The third-order valence-corrected chi connectivity index (χ3v) is 13.0. The summed E-state index contributed by atoms with van der Waals surface area (Å²) >= 11 is 0. The lowest BCUT2D eigenvalue weighted by molar-refractivity contribution is -0.167. The second-order valence-corrected chi connectivity index (χ2v) is 19.6. The van der Waals surface area contributed by atoms with Crippen molar-refractivity contribution in [1.29, 1.82) is 0 Å². The van der Waals surface area contributed by atoms with Crippen LogP contribution >= 0.6 is 0 Å². The molecule has 378 valence electrons. The molecule has 0 aliphatic heterocycles. The van der Waals surface area contributed by atoms with Crippen molar-refractivity contribution in [2.75, 3.05) is 13.2 Å². The first-order chi connectivity index (χ1) is 31.5. The van der Waals surface area contributed by atoms with Crippen molar-refractivity contribution < 1.29 is 28.6 Å². The number of hydrogen-bond donors (Lipinski definition) is 0. The monoisotopic (exact) mass is 903 g/mol. The van der Waals surface area contributed by atoms with E-state index in [0.29, 0.717) is 19.3 Å². The molecule has 0 heterocycles. The van der Waals surface area contributed by atoms with Crippen LogP contribution in [0.1, 0.15) is 323 Å². The molecule has 0 fully saturated rings. The van der Waals surface area contributed by atoms with Gasteiger partial charge in [-0.25, -0.2) is 0 Å². The van der Waals surface area contributed by atoms with Crippen molar-refractivity contribution in [2.45, 2.75) is 329 Å². The molecule has 0 saturated carbocycles. The topological polar surface area (TPSA) is 78.9 Å². The molecule has 0 saturated heterocycles. The fourth-order valence-corrected chi connectivity index (χ4v) is 8.68. The Kier molecular flexibility index (Phi) is 52.2. The molecule has 0 unspecified atom stereocenters. The van der Waals surface area contributed by atoms with Gasteiger partial charge in [0.1, 0.15) is 13.2 Å². The second-order valence-electron chi connectivity index (χ2n) is 19.6. The summed E-state index contributed by atoms with van der Waals surface area (Å²) in [5, 5.41) is 0. The Labute approximate surface area is 399 Å². The van der Waals surface area contributed by atoms with Crippen LogP contribution < -0.4 is 0 Å². The summed E-state index contributed by atoms with van der Waals surface area (Å²) in [4.78, 5) is 38.1. The Balaban J connectivity index is 4.31. The van der Waals surface area contributed by atoms with Crippen LogP contribution in [0.5, 0.6) is 0 Å². The lowest BCUT2D eigenvalue weighted by Crippen LogP contribution is -2.30. The van der Waals surface area contributed by atoms with Crippen LogP contribution in [0, 0.1) is 0 Å². The van der Waals surface area contributed by atoms with Crippen LogP contribution in [0.2, 0.25) is 0 Å². The van der Waals surface area contributed by atoms with Gasteiger partial charge in [0.25, 0.3) is 0 Å². The highest BCUT2D eigenvalue weighted by molar-refractivity contribution is 5.71. The smallest absolute Gasteiger partial charge is 0.306 e. The minimum atomic E-state index is -0.768. The lowest BCUT2D eigenvalue weighted by Gasteiger charge is -2.18. The Morgan fingerprint density at radius 2 is 0.516 bits per heavy atom. The molecule has 0 aromatic heterocycles. The largest absolute Gasteiger partial charge is 0.462 e. The third kappa shape index (κ3) is 51.1. The molecule has 0 aromatic carbocycles. The number of hydrogen-bond acceptors (Lipinski definition) is 6. The summed E-state index contributed by atoms with van der Waals surface area (Å²) in [5.74, 6) is -0.852. The maximum Gasteiger partial charge on any atom is 0.306 e. The SMILES string of the molecule is CCCCCCCCC/C=C\CCCCCCCC(=O)O[C@H](COC(=O)CCCCCCCCCCCCCCC)COC(=O)CCCCCCCCCCCCCCCCCCC. The van der Waals surface area contributed by atoms with E-state index in [9.17, 15) is 14.4 Å². The molecule has 0 radical (unpaired) electrons. The first-order valence-corrected chi connectivity index (χ1v) is 28.7. The van der Waals surface area contributed by atoms with Crippen molar-refractivity contribution in [2.24, 2.45) is 0 Å². The highest BCUT2D eigenvalue weighted by atomic mass is 16.6. The van der Waals surface area contributed by atoms with Gasteiger partial charge in [0.15, 0.2) is 6.10 Å². The molecule has 0 N–H and O–H groups in total. The fourth-order valence-electron chi connectivity index (χ4n) is 8.68. The first kappa shape index (κ1) is 62.1. The minimum Gasteiger partial charge on any atom is -0.462 e. The molecule has 0 rings (SSSR count). The normalized spacial score (nSPS) is 12.0. The predicted molar refractivity (Wildman–Crippen MR) is 275 cm³/mol. The van der Waals surface area contributed by atoms with Gasteiger partial charge in [0.05, 0.1) is 0 Å². The standard InChI is InChI=1S/C58H110O6/c1-4-7-10-13-16-19-22-25-27-29-31-33-36-39-42-45-48-51-57(60)63-54-55(53-62-56(59)50-47-44-41-38-35-32-24-21-18-15-12-9-6-3)64-58(61)52-49-46-43-40-37-34-30-28-26-23-20-17-14-11-8-5-2/h28,30,55H,4-27,29,31-54H2,1-3H3/b30-28-/t55-/m1/s1. The van der Waals surface area contributed by atoms with Crippen LogP contribution in [-0.4, -0.2) is 37.2 Å². The Hall–Kier alpha value is -1.85. The maximum atomic E-state index is 12.8. The van der Waals surface area contributed by atoms with Crippen molar-refractivity contribution in [3.05, 3.63) is 12.2 Å². The second kappa shape index (κ2) is 53.8. The van der Waals surface area contributed by atoms with E-state index < -0.39 is 6.10 Å². The average Bonchev–Trinajstić information content (AvgIpc) is 3.29. The molecule has 0 amide bonds. The predicted octanol–water partition coefficient (Wildman–Crippen LogP) is 18.9. The first-order valence-electron chi connectivity index (χ1n) is 28.7. The van der Waals surface area contributed by atoms with Crippen LogP contribution in [-0.2, 0) is 28.6 Å². The van der Waals surface area contributed by atoms with Gasteiger partial charge in [0, 0.05) is 19.3 Å². The van der Waals surface area contributed by atoms with Gasteiger partial charge >= 0.3 is 17.9 Å². The summed E-state index contributed by atoms with van der Waals surface area (Å²) in [6.07, 6.45) is 60.5. The number of allylic oxidation sites excluding steroid dienone is 2. The molecular formula is C58H110O6. The number of unbranched alkanes of at least 4 members (excludes halogenated alkanes) is 40. The highest BCUT2D eigenvalue weighted by Crippen LogP contribution is 2.17. The van der Waals surface area contributed by atoms with Gasteiger partial charge in [-0.15, -0.1) is 0 Å². The van der Waals surface area contributed by atoms with Crippen molar-refractivity contribution in [3.63, 3.8) is 0 Å². The minimum absolute atomic E-state index is 0.0674.